The Kier molecular flexibility index (Phi) is 4.39. The molecular formula is C11H22N2O. The monoisotopic (exact) mass is 198 g/mol. The van der Waals surface area contributed by atoms with Crippen molar-refractivity contribution in [3.63, 3.8) is 0 Å². The molecule has 0 radical (unpaired) electrons. The van der Waals surface area contributed by atoms with Crippen LogP contribution in [-0.4, -0.2) is 18.0 Å². The molecule has 1 amide bonds. The normalized spacial score (nSPS) is 20.4. The lowest BCUT2D eigenvalue weighted by molar-refractivity contribution is -0.122. The van der Waals surface area contributed by atoms with E-state index >= 15 is 0 Å². The molecule has 0 aromatic carbocycles. The molecular weight excluding hydrogens is 176 g/mol. The largest absolute Gasteiger partial charge is 0.350 e. The second-order valence-electron chi connectivity index (χ2n) is 4.34. The lowest BCUT2D eigenvalue weighted by Gasteiger charge is -2.38. The maximum atomic E-state index is 11.3. The van der Waals surface area contributed by atoms with Crippen LogP contribution in [0.1, 0.15) is 51.9 Å². The summed E-state index contributed by atoms with van der Waals surface area (Å²) >= 11 is 0. The summed E-state index contributed by atoms with van der Waals surface area (Å²) in [4.78, 5) is 11.3. The van der Waals surface area contributed by atoms with Gasteiger partial charge in [-0.2, -0.15) is 0 Å². The summed E-state index contributed by atoms with van der Waals surface area (Å²) < 4.78 is 0. The van der Waals surface area contributed by atoms with Crippen molar-refractivity contribution in [3.05, 3.63) is 0 Å². The SMILES string of the molecule is CCCC1(NC(=O)CN)CCCCC1. The Bertz CT molecular complexity index is 180. The van der Waals surface area contributed by atoms with Gasteiger partial charge in [-0.05, 0) is 19.3 Å². The fourth-order valence-electron chi connectivity index (χ4n) is 2.49. The van der Waals surface area contributed by atoms with E-state index in [4.69, 9.17) is 5.73 Å². The van der Waals surface area contributed by atoms with Crippen LogP contribution in [0.3, 0.4) is 0 Å². The summed E-state index contributed by atoms with van der Waals surface area (Å²) in [7, 11) is 0. The number of hydrogen-bond donors (Lipinski definition) is 2. The molecule has 0 aromatic rings. The van der Waals surface area contributed by atoms with Crippen molar-refractivity contribution in [1.29, 1.82) is 0 Å². The molecule has 3 nitrogen and oxygen atoms in total. The number of hydrogen-bond acceptors (Lipinski definition) is 2. The Morgan fingerprint density at radius 1 is 1.36 bits per heavy atom. The molecule has 0 saturated heterocycles. The third kappa shape index (κ3) is 2.98. The summed E-state index contributed by atoms with van der Waals surface area (Å²) in [6.45, 7) is 2.29. The molecule has 0 bridgehead atoms. The molecule has 1 aliphatic rings. The minimum Gasteiger partial charge on any atom is -0.350 e. The molecule has 0 atom stereocenters. The first-order valence-corrected chi connectivity index (χ1v) is 5.73. The average molecular weight is 198 g/mol. The van der Waals surface area contributed by atoms with Gasteiger partial charge >= 0.3 is 0 Å². The van der Waals surface area contributed by atoms with Crippen LogP contribution in [0, 0.1) is 0 Å². The molecule has 3 heteroatoms. The molecule has 0 aliphatic heterocycles. The van der Waals surface area contributed by atoms with E-state index in [9.17, 15) is 4.79 Å². The van der Waals surface area contributed by atoms with Gasteiger partial charge in [-0.25, -0.2) is 0 Å². The van der Waals surface area contributed by atoms with Gasteiger partial charge in [0.25, 0.3) is 0 Å². The fraction of sp³-hybridized carbons (Fsp3) is 0.909. The molecule has 0 aromatic heterocycles. The van der Waals surface area contributed by atoms with E-state index in [1.807, 2.05) is 0 Å². The van der Waals surface area contributed by atoms with Gasteiger partial charge in [0.15, 0.2) is 0 Å². The molecule has 1 rings (SSSR count). The Hall–Kier alpha value is -0.570. The molecule has 1 aliphatic carbocycles. The van der Waals surface area contributed by atoms with Crippen LogP contribution in [0.2, 0.25) is 0 Å². The third-order valence-electron chi connectivity index (χ3n) is 3.13. The standard InChI is InChI=1S/C11H22N2O/c1-2-6-11(13-10(14)9-12)7-4-3-5-8-11/h2-9,12H2,1H3,(H,13,14). The van der Waals surface area contributed by atoms with Gasteiger partial charge in [0, 0.05) is 5.54 Å². The van der Waals surface area contributed by atoms with Crippen LogP contribution >= 0.6 is 0 Å². The van der Waals surface area contributed by atoms with E-state index in [1.54, 1.807) is 0 Å². The number of nitrogens with two attached hydrogens (primary N) is 1. The highest BCUT2D eigenvalue weighted by Gasteiger charge is 2.31. The van der Waals surface area contributed by atoms with E-state index in [0.717, 1.165) is 25.7 Å². The lowest BCUT2D eigenvalue weighted by Crippen LogP contribution is -2.51. The number of nitrogens with one attached hydrogen (secondary N) is 1. The molecule has 14 heavy (non-hydrogen) atoms. The maximum absolute atomic E-state index is 11.3. The Labute approximate surface area is 86.4 Å². The predicted molar refractivity (Wildman–Crippen MR) is 57.9 cm³/mol. The van der Waals surface area contributed by atoms with E-state index in [2.05, 4.69) is 12.2 Å². The van der Waals surface area contributed by atoms with Crippen LogP contribution in [-0.2, 0) is 4.79 Å². The first-order chi connectivity index (χ1) is 6.72. The topological polar surface area (TPSA) is 55.1 Å². The Balaban J connectivity index is 2.55. The number of carbonyl (C=O) groups is 1. The first-order valence-electron chi connectivity index (χ1n) is 5.73. The molecule has 3 N–H and O–H groups in total. The van der Waals surface area contributed by atoms with E-state index in [1.165, 1.54) is 19.3 Å². The maximum Gasteiger partial charge on any atom is 0.234 e. The summed E-state index contributed by atoms with van der Waals surface area (Å²) in [6.07, 6.45) is 8.28. The van der Waals surface area contributed by atoms with Crippen LogP contribution in [0.15, 0.2) is 0 Å². The van der Waals surface area contributed by atoms with Crippen molar-refractivity contribution in [1.82, 2.24) is 5.32 Å². The third-order valence-corrected chi connectivity index (χ3v) is 3.13. The van der Waals surface area contributed by atoms with Gasteiger partial charge in [0.05, 0.1) is 6.54 Å². The summed E-state index contributed by atoms with van der Waals surface area (Å²) in [5.41, 5.74) is 5.41. The molecule has 82 valence electrons. The Morgan fingerprint density at radius 3 is 2.50 bits per heavy atom. The Morgan fingerprint density at radius 2 is 2.00 bits per heavy atom. The molecule has 1 saturated carbocycles. The van der Waals surface area contributed by atoms with Gasteiger partial charge in [-0.1, -0.05) is 32.6 Å². The van der Waals surface area contributed by atoms with Crippen LogP contribution < -0.4 is 11.1 Å². The smallest absolute Gasteiger partial charge is 0.234 e. The zero-order chi connectivity index (χ0) is 10.4. The van der Waals surface area contributed by atoms with Crippen molar-refractivity contribution in [2.75, 3.05) is 6.54 Å². The second-order valence-corrected chi connectivity index (χ2v) is 4.34. The van der Waals surface area contributed by atoms with Gasteiger partial charge in [0.2, 0.25) is 5.91 Å². The highest BCUT2D eigenvalue weighted by atomic mass is 16.2. The second kappa shape index (κ2) is 5.35. The van der Waals surface area contributed by atoms with Crippen molar-refractivity contribution in [3.8, 4) is 0 Å². The van der Waals surface area contributed by atoms with E-state index in [-0.39, 0.29) is 18.0 Å². The number of rotatable bonds is 4. The number of amides is 1. The van der Waals surface area contributed by atoms with Crippen molar-refractivity contribution < 1.29 is 4.79 Å². The minimum atomic E-state index is 0.000324. The summed E-state index contributed by atoms with van der Waals surface area (Å²) in [5, 5.41) is 3.12. The van der Waals surface area contributed by atoms with Gasteiger partial charge in [-0.15, -0.1) is 0 Å². The highest BCUT2D eigenvalue weighted by molar-refractivity contribution is 5.78. The molecule has 0 heterocycles. The zero-order valence-electron chi connectivity index (χ0n) is 9.14. The lowest BCUT2D eigenvalue weighted by atomic mass is 9.78. The quantitative estimate of drug-likeness (QED) is 0.720. The van der Waals surface area contributed by atoms with Crippen molar-refractivity contribution >= 4 is 5.91 Å². The molecule has 1 fully saturated rings. The van der Waals surface area contributed by atoms with Gasteiger partial charge in [0.1, 0.15) is 0 Å². The van der Waals surface area contributed by atoms with Gasteiger partial charge < -0.3 is 11.1 Å². The summed E-state index contributed by atoms with van der Waals surface area (Å²) in [6, 6.07) is 0. The highest BCUT2D eigenvalue weighted by Crippen LogP contribution is 2.31. The number of carbonyl (C=O) groups excluding carboxylic acids is 1. The van der Waals surface area contributed by atoms with Crippen molar-refractivity contribution in [2.24, 2.45) is 5.73 Å². The van der Waals surface area contributed by atoms with Crippen molar-refractivity contribution in [2.45, 2.75) is 57.4 Å². The van der Waals surface area contributed by atoms with Crippen LogP contribution in [0.25, 0.3) is 0 Å². The molecule has 0 unspecified atom stereocenters. The van der Waals surface area contributed by atoms with E-state index < -0.39 is 0 Å². The molecule has 0 spiro atoms. The van der Waals surface area contributed by atoms with Crippen LogP contribution in [0.4, 0.5) is 0 Å². The first kappa shape index (κ1) is 11.5. The zero-order valence-corrected chi connectivity index (χ0v) is 9.14. The van der Waals surface area contributed by atoms with E-state index in [0.29, 0.717) is 0 Å². The predicted octanol–water partition coefficient (Wildman–Crippen LogP) is 1.56. The van der Waals surface area contributed by atoms with Gasteiger partial charge in [-0.3, -0.25) is 4.79 Å². The van der Waals surface area contributed by atoms with Crippen LogP contribution in [0.5, 0.6) is 0 Å². The minimum absolute atomic E-state index is 0.000324. The summed E-state index contributed by atoms with van der Waals surface area (Å²) in [5.74, 6) is 0.000324. The fourth-order valence-corrected chi connectivity index (χ4v) is 2.49. The average Bonchev–Trinajstić information content (AvgIpc) is 2.19.